The molecule has 0 radical (unpaired) electrons. The zero-order valence-corrected chi connectivity index (χ0v) is 11.1. The zero-order valence-electron chi connectivity index (χ0n) is 11.1. The summed E-state index contributed by atoms with van der Waals surface area (Å²) in [7, 11) is 0. The summed E-state index contributed by atoms with van der Waals surface area (Å²) >= 11 is 0. The molecule has 0 rings (SSSR count). The van der Waals surface area contributed by atoms with E-state index in [1.54, 1.807) is 0 Å². The first kappa shape index (κ1) is 15.2. The highest BCUT2D eigenvalue weighted by Crippen LogP contribution is 2.01. The van der Waals surface area contributed by atoms with Crippen LogP contribution < -0.4 is 0 Å². The van der Waals surface area contributed by atoms with Crippen LogP contribution in [0.15, 0.2) is 36.5 Å². The summed E-state index contributed by atoms with van der Waals surface area (Å²) < 4.78 is 0. The number of hydrogen-bond acceptors (Lipinski definition) is 0. The second-order valence-corrected chi connectivity index (χ2v) is 4.19. The van der Waals surface area contributed by atoms with Crippen LogP contribution in [0.1, 0.15) is 65.2 Å². The van der Waals surface area contributed by atoms with Gasteiger partial charge in [-0.15, -0.1) is 0 Å². The van der Waals surface area contributed by atoms with Crippen LogP contribution >= 0.6 is 0 Å². The predicted octanol–water partition coefficient (Wildman–Crippen LogP) is 5.82. The van der Waals surface area contributed by atoms with E-state index in [-0.39, 0.29) is 0 Å². The molecule has 0 bridgehead atoms. The summed E-state index contributed by atoms with van der Waals surface area (Å²) in [5, 5.41) is 0. The summed E-state index contributed by atoms with van der Waals surface area (Å²) in [6.45, 7) is 4.46. The zero-order chi connectivity index (χ0) is 11.9. The summed E-state index contributed by atoms with van der Waals surface area (Å²) in [6, 6.07) is 0. The fourth-order valence-corrected chi connectivity index (χ4v) is 1.46. The van der Waals surface area contributed by atoms with Crippen molar-refractivity contribution in [3.05, 3.63) is 36.5 Å². The van der Waals surface area contributed by atoms with Crippen LogP contribution in [-0.2, 0) is 0 Å². The normalized spacial score (nSPS) is 12.4. The van der Waals surface area contributed by atoms with Crippen molar-refractivity contribution >= 4 is 0 Å². The number of allylic oxidation sites excluding steroid dienone is 6. The number of hydrogen-bond donors (Lipinski definition) is 0. The van der Waals surface area contributed by atoms with Crippen molar-refractivity contribution in [2.45, 2.75) is 65.2 Å². The van der Waals surface area contributed by atoms with Crippen LogP contribution in [0.25, 0.3) is 0 Å². The molecule has 0 fully saturated rings. The first-order chi connectivity index (χ1) is 7.91. The van der Waals surface area contributed by atoms with Gasteiger partial charge in [0.2, 0.25) is 0 Å². The van der Waals surface area contributed by atoms with E-state index in [1.165, 1.54) is 51.4 Å². The molecular formula is C16H28. The van der Waals surface area contributed by atoms with Gasteiger partial charge in [0.05, 0.1) is 0 Å². The minimum absolute atomic E-state index is 1.17. The molecular weight excluding hydrogens is 192 g/mol. The van der Waals surface area contributed by atoms with Crippen LogP contribution in [0.5, 0.6) is 0 Å². The van der Waals surface area contributed by atoms with Gasteiger partial charge in [0.15, 0.2) is 0 Å². The van der Waals surface area contributed by atoms with Crippen molar-refractivity contribution in [1.82, 2.24) is 0 Å². The SMILES string of the molecule is CCCC=CC=CCC/C=C\CCCCC. The molecule has 0 aliphatic heterocycles. The molecule has 0 atom stereocenters. The lowest BCUT2D eigenvalue weighted by Gasteiger charge is -1.91. The Morgan fingerprint density at radius 2 is 1.19 bits per heavy atom. The molecule has 0 N–H and O–H groups in total. The quantitative estimate of drug-likeness (QED) is 0.247. The molecule has 0 heteroatoms. The second-order valence-electron chi connectivity index (χ2n) is 4.19. The molecule has 0 spiro atoms. The van der Waals surface area contributed by atoms with E-state index in [2.05, 4.69) is 50.3 Å². The van der Waals surface area contributed by atoms with Crippen molar-refractivity contribution in [3.8, 4) is 0 Å². The summed E-state index contributed by atoms with van der Waals surface area (Å²) in [5.41, 5.74) is 0. The Kier molecular flexibility index (Phi) is 13.5. The van der Waals surface area contributed by atoms with Crippen LogP contribution in [-0.4, -0.2) is 0 Å². The third kappa shape index (κ3) is 13.2. The largest absolute Gasteiger partial charge is 0.0885 e. The second kappa shape index (κ2) is 14.2. The van der Waals surface area contributed by atoms with Crippen molar-refractivity contribution in [2.24, 2.45) is 0 Å². The average molecular weight is 220 g/mol. The minimum atomic E-state index is 1.17. The lowest BCUT2D eigenvalue weighted by Crippen LogP contribution is -1.71. The van der Waals surface area contributed by atoms with Gasteiger partial charge in [-0.25, -0.2) is 0 Å². The first-order valence-corrected chi connectivity index (χ1v) is 6.88. The topological polar surface area (TPSA) is 0 Å². The van der Waals surface area contributed by atoms with Gasteiger partial charge in [-0.1, -0.05) is 69.6 Å². The molecule has 0 unspecified atom stereocenters. The lowest BCUT2D eigenvalue weighted by molar-refractivity contribution is 0.728. The molecule has 0 heterocycles. The Morgan fingerprint density at radius 3 is 1.88 bits per heavy atom. The van der Waals surface area contributed by atoms with E-state index in [0.29, 0.717) is 0 Å². The summed E-state index contributed by atoms with van der Waals surface area (Å²) in [4.78, 5) is 0. The molecule has 92 valence electrons. The Morgan fingerprint density at radius 1 is 0.562 bits per heavy atom. The van der Waals surface area contributed by atoms with Crippen molar-refractivity contribution < 1.29 is 0 Å². The van der Waals surface area contributed by atoms with E-state index >= 15 is 0 Å². The molecule has 16 heavy (non-hydrogen) atoms. The van der Waals surface area contributed by atoms with Crippen LogP contribution in [0, 0.1) is 0 Å². The molecule has 0 saturated heterocycles. The Balaban J connectivity index is 3.25. The van der Waals surface area contributed by atoms with Gasteiger partial charge in [-0.05, 0) is 32.1 Å². The van der Waals surface area contributed by atoms with Gasteiger partial charge >= 0.3 is 0 Å². The van der Waals surface area contributed by atoms with E-state index in [4.69, 9.17) is 0 Å². The van der Waals surface area contributed by atoms with Gasteiger partial charge in [0.1, 0.15) is 0 Å². The van der Waals surface area contributed by atoms with Gasteiger partial charge in [0.25, 0.3) is 0 Å². The summed E-state index contributed by atoms with van der Waals surface area (Å²) in [6.07, 6.45) is 23.5. The molecule has 0 aliphatic carbocycles. The minimum Gasteiger partial charge on any atom is -0.0885 e. The van der Waals surface area contributed by atoms with E-state index in [1.807, 2.05) is 0 Å². The standard InChI is InChI=1S/C16H28/c1-3-5-7-9-11-13-15-16-14-12-10-8-6-4-2/h7,9,11-14H,3-6,8,10,15-16H2,1-2H3/b9-7?,13-11?,14-12-. The molecule has 0 aromatic carbocycles. The first-order valence-electron chi connectivity index (χ1n) is 6.88. The van der Waals surface area contributed by atoms with Crippen molar-refractivity contribution in [3.63, 3.8) is 0 Å². The highest BCUT2D eigenvalue weighted by Gasteiger charge is 1.81. The van der Waals surface area contributed by atoms with E-state index in [0.717, 1.165) is 0 Å². The maximum absolute atomic E-state index is 2.33. The van der Waals surface area contributed by atoms with Gasteiger partial charge in [-0.2, -0.15) is 0 Å². The Bertz CT molecular complexity index is 196. The Labute approximate surface area is 102 Å². The fourth-order valence-electron chi connectivity index (χ4n) is 1.46. The number of rotatable bonds is 10. The molecule has 0 nitrogen and oxygen atoms in total. The van der Waals surface area contributed by atoms with E-state index < -0.39 is 0 Å². The van der Waals surface area contributed by atoms with Gasteiger partial charge in [0, 0.05) is 0 Å². The fraction of sp³-hybridized carbons (Fsp3) is 0.625. The summed E-state index contributed by atoms with van der Waals surface area (Å²) in [5.74, 6) is 0. The highest BCUT2D eigenvalue weighted by atomic mass is 13.9. The third-order valence-corrected chi connectivity index (χ3v) is 2.48. The average Bonchev–Trinajstić information content (AvgIpc) is 2.31. The molecule has 0 aliphatic rings. The monoisotopic (exact) mass is 220 g/mol. The van der Waals surface area contributed by atoms with Crippen molar-refractivity contribution in [1.29, 1.82) is 0 Å². The van der Waals surface area contributed by atoms with Crippen LogP contribution in [0.3, 0.4) is 0 Å². The van der Waals surface area contributed by atoms with Gasteiger partial charge < -0.3 is 0 Å². The predicted molar refractivity (Wildman–Crippen MR) is 75.7 cm³/mol. The molecule has 0 aromatic rings. The van der Waals surface area contributed by atoms with Crippen LogP contribution in [0.2, 0.25) is 0 Å². The maximum Gasteiger partial charge on any atom is -0.0313 e. The smallest absolute Gasteiger partial charge is 0.0313 e. The van der Waals surface area contributed by atoms with Crippen LogP contribution in [0.4, 0.5) is 0 Å². The molecule has 0 amide bonds. The number of unbranched alkanes of at least 4 members (excludes halogenated alkanes) is 5. The van der Waals surface area contributed by atoms with Crippen molar-refractivity contribution in [2.75, 3.05) is 0 Å². The Hall–Kier alpha value is -0.780. The molecule has 0 aromatic heterocycles. The third-order valence-electron chi connectivity index (χ3n) is 2.48. The lowest BCUT2D eigenvalue weighted by atomic mass is 10.2. The van der Waals surface area contributed by atoms with Gasteiger partial charge in [-0.3, -0.25) is 0 Å². The molecule has 0 saturated carbocycles. The maximum atomic E-state index is 2.33. The van der Waals surface area contributed by atoms with E-state index in [9.17, 15) is 0 Å². The highest BCUT2D eigenvalue weighted by molar-refractivity contribution is 5.02.